The Balaban J connectivity index is 1.54. The minimum atomic E-state index is -0.0267. The number of aromatic nitrogens is 2. The zero-order valence-electron chi connectivity index (χ0n) is 12.5. The van der Waals surface area contributed by atoms with Crippen LogP contribution in [0.2, 0.25) is 0 Å². The molecule has 3 rings (SSSR count). The van der Waals surface area contributed by atoms with Gasteiger partial charge >= 0.3 is 0 Å². The van der Waals surface area contributed by atoms with E-state index in [4.69, 9.17) is 4.74 Å². The first-order valence-corrected chi connectivity index (χ1v) is 8.83. The Morgan fingerprint density at radius 3 is 3.13 bits per heavy atom. The number of nitrogens with zero attached hydrogens (tertiary/aromatic N) is 2. The first-order valence-electron chi connectivity index (χ1n) is 6.97. The molecule has 7 heteroatoms. The highest BCUT2D eigenvalue weighted by molar-refractivity contribution is 8.00. The molecule has 118 valence electrons. The van der Waals surface area contributed by atoms with Crippen molar-refractivity contribution in [3.05, 3.63) is 47.6 Å². The lowest BCUT2D eigenvalue weighted by molar-refractivity contribution is -0.118. The molecule has 0 aliphatic carbocycles. The van der Waals surface area contributed by atoms with Gasteiger partial charge in [0, 0.05) is 6.54 Å². The highest BCUT2D eigenvalue weighted by Crippen LogP contribution is 2.28. The van der Waals surface area contributed by atoms with Crippen LogP contribution in [-0.2, 0) is 11.3 Å². The number of rotatable bonds is 6. The second-order valence-electron chi connectivity index (χ2n) is 4.73. The van der Waals surface area contributed by atoms with Gasteiger partial charge in [0.05, 0.1) is 23.1 Å². The van der Waals surface area contributed by atoms with E-state index in [1.54, 1.807) is 18.4 Å². The number of methoxy groups -OCH3 is 1. The van der Waals surface area contributed by atoms with Gasteiger partial charge in [0.25, 0.3) is 0 Å². The van der Waals surface area contributed by atoms with Gasteiger partial charge in [-0.25, -0.2) is 9.97 Å². The van der Waals surface area contributed by atoms with Crippen molar-refractivity contribution in [2.24, 2.45) is 0 Å². The van der Waals surface area contributed by atoms with E-state index in [0.29, 0.717) is 12.3 Å². The fourth-order valence-corrected chi connectivity index (χ4v) is 3.81. The summed E-state index contributed by atoms with van der Waals surface area (Å²) >= 11 is 3.02. The average Bonchev–Trinajstić information content (AvgIpc) is 3.07. The van der Waals surface area contributed by atoms with Crippen LogP contribution in [-0.4, -0.2) is 28.7 Å². The maximum Gasteiger partial charge on any atom is 0.230 e. The topological polar surface area (TPSA) is 64.1 Å². The standard InChI is InChI=1S/C16H15N3O2S2/c1-21-12-4-2-3-11(7-12)8-17-14(20)9-23-16-15-13(5-6-22-15)18-10-19-16/h2-7,10H,8-9H2,1H3,(H,17,20). The first-order chi connectivity index (χ1) is 11.3. The van der Waals surface area contributed by atoms with Crippen molar-refractivity contribution in [3.63, 3.8) is 0 Å². The second kappa shape index (κ2) is 7.43. The molecule has 0 saturated carbocycles. The Labute approximate surface area is 142 Å². The maximum atomic E-state index is 12.0. The van der Waals surface area contributed by atoms with Gasteiger partial charge in [0.2, 0.25) is 5.91 Å². The summed E-state index contributed by atoms with van der Waals surface area (Å²) in [5.74, 6) is 1.09. The molecule has 0 aliphatic heterocycles. The Morgan fingerprint density at radius 1 is 1.35 bits per heavy atom. The number of amides is 1. The quantitative estimate of drug-likeness (QED) is 0.549. The van der Waals surface area contributed by atoms with E-state index in [2.05, 4.69) is 15.3 Å². The molecular formula is C16H15N3O2S2. The van der Waals surface area contributed by atoms with Crippen LogP contribution < -0.4 is 10.1 Å². The molecule has 5 nitrogen and oxygen atoms in total. The molecule has 0 unspecified atom stereocenters. The molecule has 0 bridgehead atoms. The summed E-state index contributed by atoms with van der Waals surface area (Å²) in [5.41, 5.74) is 1.93. The van der Waals surface area contributed by atoms with Gasteiger partial charge in [0.15, 0.2) is 0 Å². The van der Waals surface area contributed by atoms with Crippen LogP contribution >= 0.6 is 23.1 Å². The van der Waals surface area contributed by atoms with Crippen molar-refractivity contribution < 1.29 is 9.53 Å². The van der Waals surface area contributed by atoms with Crippen LogP contribution in [0.15, 0.2) is 47.1 Å². The largest absolute Gasteiger partial charge is 0.497 e. The van der Waals surface area contributed by atoms with E-state index in [9.17, 15) is 4.79 Å². The van der Waals surface area contributed by atoms with E-state index in [-0.39, 0.29) is 5.91 Å². The number of hydrogen-bond acceptors (Lipinski definition) is 6. The third kappa shape index (κ3) is 4.00. The molecule has 1 amide bonds. The zero-order valence-corrected chi connectivity index (χ0v) is 14.1. The monoisotopic (exact) mass is 345 g/mol. The van der Waals surface area contributed by atoms with E-state index in [1.807, 2.05) is 35.7 Å². The molecule has 3 aromatic rings. The third-order valence-corrected chi connectivity index (χ3v) is 5.20. The SMILES string of the molecule is COc1cccc(CNC(=O)CSc2ncnc3ccsc23)c1. The van der Waals surface area contributed by atoms with Crippen molar-refractivity contribution >= 4 is 39.2 Å². The number of hydrogen-bond donors (Lipinski definition) is 1. The van der Waals surface area contributed by atoms with Gasteiger partial charge in [-0.1, -0.05) is 23.9 Å². The Hall–Kier alpha value is -2.12. The van der Waals surface area contributed by atoms with Gasteiger partial charge in [-0.2, -0.15) is 0 Å². The minimum absolute atomic E-state index is 0.0267. The zero-order chi connectivity index (χ0) is 16.1. The molecule has 0 aliphatic rings. The highest BCUT2D eigenvalue weighted by Gasteiger charge is 2.09. The number of thiophene rings is 1. The van der Waals surface area contributed by atoms with Crippen LogP contribution in [0.1, 0.15) is 5.56 Å². The minimum Gasteiger partial charge on any atom is -0.497 e. The van der Waals surface area contributed by atoms with Crippen molar-refractivity contribution in [1.29, 1.82) is 0 Å². The summed E-state index contributed by atoms with van der Waals surface area (Å²) in [7, 11) is 1.63. The summed E-state index contributed by atoms with van der Waals surface area (Å²) in [6, 6.07) is 9.60. The van der Waals surface area contributed by atoms with Crippen molar-refractivity contribution in [1.82, 2.24) is 15.3 Å². The molecule has 0 saturated heterocycles. The summed E-state index contributed by atoms with van der Waals surface area (Å²) in [6.45, 7) is 0.481. The van der Waals surface area contributed by atoms with Crippen LogP contribution in [0, 0.1) is 0 Å². The molecule has 0 spiro atoms. The highest BCUT2D eigenvalue weighted by atomic mass is 32.2. The lowest BCUT2D eigenvalue weighted by atomic mass is 10.2. The predicted molar refractivity (Wildman–Crippen MR) is 93.0 cm³/mol. The van der Waals surface area contributed by atoms with E-state index < -0.39 is 0 Å². The Morgan fingerprint density at radius 2 is 2.26 bits per heavy atom. The van der Waals surface area contributed by atoms with Crippen molar-refractivity contribution in [2.75, 3.05) is 12.9 Å². The molecule has 0 fully saturated rings. The molecular weight excluding hydrogens is 330 g/mol. The summed E-state index contributed by atoms with van der Waals surface area (Å²) in [5, 5.41) is 5.73. The fraction of sp³-hybridized carbons (Fsp3) is 0.188. The lowest BCUT2D eigenvalue weighted by Gasteiger charge is -2.07. The third-order valence-electron chi connectivity index (χ3n) is 3.17. The van der Waals surface area contributed by atoms with Crippen LogP contribution in [0.3, 0.4) is 0 Å². The number of carbonyl (C=O) groups excluding carboxylic acids is 1. The normalized spacial score (nSPS) is 10.7. The molecule has 1 aromatic carbocycles. The van der Waals surface area contributed by atoms with Gasteiger partial charge in [0.1, 0.15) is 17.1 Å². The molecule has 1 N–H and O–H groups in total. The molecule has 0 atom stereocenters. The van der Waals surface area contributed by atoms with E-state index in [1.165, 1.54) is 18.1 Å². The van der Waals surface area contributed by atoms with Gasteiger partial charge in [-0.15, -0.1) is 11.3 Å². The summed E-state index contributed by atoms with van der Waals surface area (Å²) in [4.78, 5) is 20.5. The summed E-state index contributed by atoms with van der Waals surface area (Å²) < 4.78 is 6.20. The number of nitrogens with one attached hydrogen (secondary N) is 1. The molecule has 23 heavy (non-hydrogen) atoms. The number of thioether (sulfide) groups is 1. The molecule has 2 heterocycles. The number of carbonyl (C=O) groups is 1. The van der Waals surface area contributed by atoms with Gasteiger partial charge < -0.3 is 10.1 Å². The Kier molecular flexibility index (Phi) is 5.09. The predicted octanol–water partition coefficient (Wildman–Crippen LogP) is 3.11. The maximum absolute atomic E-state index is 12.0. The second-order valence-corrected chi connectivity index (χ2v) is 6.61. The van der Waals surface area contributed by atoms with E-state index in [0.717, 1.165) is 26.6 Å². The fourth-order valence-electron chi connectivity index (χ4n) is 2.04. The van der Waals surface area contributed by atoms with Crippen LogP contribution in [0.5, 0.6) is 5.75 Å². The lowest BCUT2D eigenvalue weighted by Crippen LogP contribution is -2.24. The van der Waals surface area contributed by atoms with Gasteiger partial charge in [-0.3, -0.25) is 4.79 Å². The average molecular weight is 345 g/mol. The number of ether oxygens (including phenoxy) is 1. The van der Waals surface area contributed by atoms with E-state index >= 15 is 0 Å². The van der Waals surface area contributed by atoms with Crippen LogP contribution in [0.25, 0.3) is 10.2 Å². The Bertz CT molecular complexity index is 820. The number of fused-ring (bicyclic) bond motifs is 1. The molecule has 2 aromatic heterocycles. The van der Waals surface area contributed by atoms with Crippen molar-refractivity contribution in [3.8, 4) is 5.75 Å². The van der Waals surface area contributed by atoms with Gasteiger partial charge in [-0.05, 0) is 29.1 Å². The molecule has 0 radical (unpaired) electrons. The number of benzene rings is 1. The first kappa shape index (κ1) is 15.8. The van der Waals surface area contributed by atoms with Crippen molar-refractivity contribution in [2.45, 2.75) is 11.6 Å². The smallest absolute Gasteiger partial charge is 0.230 e. The van der Waals surface area contributed by atoms with Crippen LogP contribution in [0.4, 0.5) is 0 Å². The summed E-state index contributed by atoms with van der Waals surface area (Å²) in [6.07, 6.45) is 1.53.